The maximum atomic E-state index is 3.57. The number of nitrogens with one attached hydrogen (secondary N) is 1. The lowest BCUT2D eigenvalue weighted by molar-refractivity contribution is 0.640. The fraction of sp³-hybridized carbons (Fsp3) is 0.500. The van der Waals surface area contributed by atoms with E-state index in [2.05, 4.69) is 37.4 Å². The largest absolute Gasteiger partial charge is 0.302 e. The molecule has 0 saturated carbocycles. The monoisotopic (exact) mass is 207 g/mol. The predicted molar refractivity (Wildman–Crippen MR) is 63.7 cm³/mol. The van der Waals surface area contributed by atoms with Crippen LogP contribution in [0.4, 0.5) is 0 Å². The first-order chi connectivity index (χ1) is 6.77. The van der Waals surface area contributed by atoms with Gasteiger partial charge in [-0.15, -0.1) is 11.8 Å². The summed E-state index contributed by atoms with van der Waals surface area (Å²) < 4.78 is 0. The zero-order valence-electron chi connectivity index (χ0n) is 8.84. The van der Waals surface area contributed by atoms with E-state index in [9.17, 15) is 0 Å². The number of hydrogen-bond donors (Lipinski definition) is 1. The highest BCUT2D eigenvalue weighted by Gasteiger charge is 2.16. The molecule has 1 saturated heterocycles. The molecule has 1 unspecified atom stereocenters. The lowest BCUT2D eigenvalue weighted by Gasteiger charge is -2.25. The average Bonchev–Trinajstić information content (AvgIpc) is 2.23. The van der Waals surface area contributed by atoms with Gasteiger partial charge in [-0.25, -0.2) is 0 Å². The second-order valence-corrected chi connectivity index (χ2v) is 5.13. The maximum absolute atomic E-state index is 3.57. The quantitative estimate of drug-likeness (QED) is 0.759. The summed E-state index contributed by atoms with van der Waals surface area (Å²) in [5, 5.41) is 4.08. The molecule has 1 atom stereocenters. The van der Waals surface area contributed by atoms with Gasteiger partial charge in [0.1, 0.15) is 0 Å². The van der Waals surface area contributed by atoms with Crippen LogP contribution in [0.5, 0.6) is 0 Å². The first kappa shape index (κ1) is 10.1. The van der Waals surface area contributed by atoms with Gasteiger partial charge in [-0.05, 0) is 43.7 Å². The van der Waals surface area contributed by atoms with E-state index in [4.69, 9.17) is 0 Å². The van der Waals surface area contributed by atoms with Gasteiger partial charge in [0.25, 0.3) is 0 Å². The van der Waals surface area contributed by atoms with Crippen molar-refractivity contribution in [2.24, 2.45) is 0 Å². The van der Waals surface area contributed by atoms with Gasteiger partial charge in [0.15, 0.2) is 0 Å². The van der Waals surface area contributed by atoms with Crippen molar-refractivity contribution in [3.8, 4) is 0 Å². The molecule has 0 amide bonds. The van der Waals surface area contributed by atoms with Gasteiger partial charge in [0, 0.05) is 0 Å². The van der Waals surface area contributed by atoms with Gasteiger partial charge in [-0.2, -0.15) is 0 Å². The van der Waals surface area contributed by atoms with Crippen molar-refractivity contribution in [3.05, 3.63) is 34.9 Å². The third-order valence-corrected chi connectivity index (χ3v) is 3.93. The summed E-state index contributed by atoms with van der Waals surface area (Å²) in [6, 6.07) is 6.72. The Morgan fingerprint density at radius 3 is 2.93 bits per heavy atom. The van der Waals surface area contributed by atoms with E-state index in [1.165, 1.54) is 28.9 Å². The van der Waals surface area contributed by atoms with Crippen molar-refractivity contribution < 1.29 is 0 Å². The fourth-order valence-electron chi connectivity index (χ4n) is 1.81. The van der Waals surface area contributed by atoms with Crippen molar-refractivity contribution in [3.63, 3.8) is 0 Å². The minimum Gasteiger partial charge on any atom is -0.302 e. The van der Waals surface area contributed by atoms with Crippen LogP contribution in [0, 0.1) is 13.8 Å². The summed E-state index contributed by atoms with van der Waals surface area (Å²) in [5.74, 6) is 1.28. The summed E-state index contributed by atoms with van der Waals surface area (Å²) in [4.78, 5) is 0. The van der Waals surface area contributed by atoms with Crippen LogP contribution in [0.25, 0.3) is 0 Å². The number of hydrogen-bond acceptors (Lipinski definition) is 2. The zero-order chi connectivity index (χ0) is 9.97. The molecule has 1 aromatic rings. The van der Waals surface area contributed by atoms with Gasteiger partial charge in [-0.1, -0.05) is 23.8 Å². The molecule has 0 spiro atoms. The van der Waals surface area contributed by atoms with Gasteiger partial charge in [0.2, 0.25) is 0 Å². The molecule has 0 aromatic heterocycles. The number of benzene rings is 1. The van der Waals surface area contributed by atoms with Crippen LogP contribution in [0.2, 0.25) is 0 Å². The summed E-state index contributed by atoms with van der Waals surface area (Å²) in [6.07, 6.45) is 1.30. The van der Waals surface area contributed by atoms with Crippen molar-refractivity contribution in [1.82, 2.24) is 5.32 Å². The van der Waals surface area contributed by atoms with Crippen LogP contribution in [0.3, 0.4) is 0 Å². The number of thioether (sulfide) groups is 1. The first-order valence-electron chi connectivity index (χ1n) is 5.19. The summed E-state index contributed by atoms with van der Waals surface area (Å²) in [5.41, 5.74) is 4.23. The van der Waals surface area contributed by atoms with E-state index in [-0.39, 0.29) is 0 Å². The van der Waals surface area contributed by atoms with E-state index in [0.29, 0.717) is 5.37 Å². The Kier molecular flexibility index (Phi) is 3.14. The Morgan fingerprint density at radius 2 is 2.21 bits per heavy atom. The first-order valence-corrected chi connectivity index (χ1v) is 6.24. The zero-order valence-corrected chi connectivity index (χ0v) is 9.66. The molecule has 1 N–H and O–H groups in total. The molecule has 0 aliphatic carbocycles. The molecule has 14 heavy (non-hydrogen) atoms. The fourth-order valence-corrected chi connectivity index (χ4v) is 3.02. The SMILES string of the molecule is Cc1ccc(C)c(C2NCCCS2)c1. The summed E-state index contributed by atoms with van der Waals surface area (Å²) >= 11 is 2.03. The standard InChI is InChI=1S/C12H17NS/c1-9-4-5-10(2)11(8-9)12-13-6-3-7-14-12/h4-5,8,12-13H,3,6-7H2,1-2H3. The van der Waals surface area contributed by atoms with E-state index < -0.39 is 0 Å². The van der Waals surface area contributed by atoms with Crippen LogP contribution in [-0.2, 0) is 0 Å². The molecular formula is C12H17NS. The third-order valence-electron chi connectivity index (χ3n) is 2.65. The Morgan fingerprint density at radius 1 is 1.36 bits per heavy atom. The molecule has 1 aromatic carbocycles. The van der Waals surface area contributed by atoms with E-state index in [1.54, 1.807) is 0 Å². The summed E-state index contributed by atoms with van der Waals surface area (Å²) in [6.45, 7) is 5.52. The van der Waals surface area contributed by atoms with Crippen LogP contribution < -0.4 is 5.32 Å². The molecule has 1 heterocycles. The highest BCUT2D eigenvalue weighted by Crippen LogP contribution is 2.31. The number of rotatable bonds is 1. The maximum Gasteiger partial charge on any atom is 0.0792 e. The molecule has 2 heteroatoms. The average molecular weight is 207 g/mol. The Bertz CT molecular complexity index is 316. The second kappa shape index (κ2) is 4.37. The van der Waals surface area contributed by atoms with E-state index >= 15 is 0 Å². The summed E-state index contributed by atoms with van der Waals surface area (Å²) in [7, 11) is 0. The predicted octanol–water partition coefficient (Wildman–Crippen LogP) is 3.03. The van der Waals surface area contributed by atoms with Crippen LogP contribution in [-0.4, -0.2) is 12.3 Å². The Balaban J connectivity index is 2.24. The van der Waals surface area contributed by atoms with E-state index in [1.807, 2.05) is 11.8 Å². The van der Waals surface area contributed by atoms with Crippen LogP contribution in [0.1, 0.15) is 28.5 Å². The van der Waals surface area contributed by atoms with Gasteiger partial charge in [-0.3, -0.25) is 0 Å². The molecule has 0 bridgehead atoms. The minimum atomic E-state index is 0.517. The molecule has 76 valence electrons. The van der Waals surface area contributed by atoms with Crippen molar-refractivity contribution in [1.29, 1.82) is 0 Å². The molecule has 1 fully saturated rings. The van der Waals surface area contributed by atoms with Gasteiger partial charge in [0.05, 0.1) is 5.37 Å². The van der Waals surface area contributed by atoms with Crippen LogP contribution in [0.15, 0.2) is 18.2 Å². The second-order valence-electron chi connectivity index (χ2n) is 3.92. The topological polar surface area (TPSA) is 12.0 Å². The van der Waals surface area contributed by atoms with Gasteiger partial charge >= 0.3 is 0 Å². The van der Waals surface area contributed by atoms with Crippen LogP contribution >= 0.6 is 11.8 Å². The van der Waals surface area contributed by atoms with Crippen molar-refractivity contribution >= 4 is 11.8 Å². The van der Waals surface area contributed by atoms with Crippen molar-refractivity contribution in [2.45, 2.75) is 25.6 Å². The van der Waals surface area contributed by atoms with E-state index in [0.717, 1.165) is 6.54 Å². The lowest BCUT2D eigenvalue weighted by atomic mass is 10.1. The molecule has 1 aliphatic heterocycles. The third kappa shape index (κ3) is 2.12. The molecule has 1 aliphatic rings. The molecule has 0 radical (unpaired) electrons. The van der Waals surface area contributed by atoms with Gasteiger partial charge < -0.3 is 5.32 Å². The lowest BCUT2D eigenvalue weighted by Crippen LogP contribution is -2.25. The molecule has 2 rings (SSSR count). The number of aryl methyl sites for hydroxylation is 2. The van der Waals surface area contributed by atoms with Crippen molar-refractivity contribution in [2.75, 3.05) is 12.3 Å². The minimum absolute atomic E-state index is 0.517. The Hall–Kier alpha value is -0.470. The normalized spacial score (nSPS) is 22.3. The molecular weight excluding hydrogens is 190 g/mol. The smallest absolute Gasteiger partial charge is 0.0792 e. The Labute approximate surface area is 90.3 Å². The molecule has 1 nitrogen and oxygen atoms in total. The highest BCUT2D eigenvalue weighted by molar-refractivity contribution is 7.99. The highest BCUT2D eigenvalue weighted by atomic mass is 32.2.